The topological polar surface area (TPSA) is 0 Å². The first-order valence-electron chi connectivity index (χ1n) is 5.84. The zero-order valence-electron chi connectivity index (χ0n) is 10.9. The molecule has 17 heavy (non-hydrogen) atoms. The molecule has 0 aromatic heterocycles. The zero-order valence-corrected chi connectivity index (χ0v) is 14.1. The molecule has 0 aromatic carbocycles. The van der Waals surface area contributed by atoms with Crippen molar-refractivity contribution in [2.75, 3.05) is 5.88 Å². The summed E-state index contributed by atoms with van der Waals surface area (Å²) in [4.78, 5) is 0. The van der Waals surface area contributed by atoms with Crippen molar-refractivity contribution in [3.63, 3.8) is 0 Å². The van der Waals surface area contributed by atoms with Crippen LogP contribution in [-0.2, 0) is 26.2 Å². The number of allylic oxidation sites excluding steroid dienone is 8. The van der Waals surface area contributed by atoms with Gasteiger partial charge >= 0.3 is 0 Å². The van der Waals surface area contributed by atoms with Crippen molar-refractivity contribution < 1.29 is 26.2 Å². The fourth-order valence-electron chi connectivity index (χ4n) is 2.27. The number of hydrogen-bond donors (Lipinski definition) is 0. The molecule has 0 atom stereocenters. The molecule has 0 nitrogen and oxygen atoms in total. The molecule has 0 bridgehead atoms. The van der Waals surface area contributed by atoms with E-state index < -0.39 is 0 Å². The number of halogens is 1. The van der Waals surface area contributed by atoms with Gasteiger partial charge in [-0.2, -0.15) is 0 Å². The summed E-state index contributed by atoms with van der Waals surface area (Å²) in [6.07, 6.45) is 18.9. The van der Waals surface area contributed by atoms with Gasteiger partial charge in [0.2, 0.25) is 0 Å². The van der Waals surface area contributed by atoms with Crippen LogP contribution >= 0.6 is 11.6 Å². The maximum absolute atomic E-state index is 5.00. The second-order valence-electron chi connectivity index (χ2n) is 4.89. The molecular weight excluding hydrogens is 307 g/mol. The molecule has 2 heteroatoms. The van der Waals surface area contributed by atoms with E-state index in [1.807, 2.05) is 6.92 Å². The van der Waals surface area contributed by atoms with Crippen LogP contribution in [0.3, 0.4) is 0 Å². The van der Waals surface area contributed by atoms with Gasteiger partial charge in [-0.25, -0.2) is 0 Å². The van der Waals surface area contributed by atoms with Gasteiger partial charge in [0.15, 0.2) is 0 Å². The molecule has 0 aliphatic heterocycles. The molecule has 0 aromatic rings. The van der Waals surface area contributed by atoms with E-state index in [0.29, 0.717) is 0 Å². The van der Waals surface area contributed by atoms with Gasteiger partial charge in [-0.05, 0) is 6.42 Å². The Morgan fingerprint density at radius 1 is 0.824 bits per heavy atom. The van der Waals surface area contributed by atoms with Crippen molar-refractivity contribution in [2.24, 2.45) is 10.8 Å². The second kappa shape index (κ2) is 7.54. The minimum absolute atomic E-state index is 0. The van der Waals surface area contributed by atoms with E-state index >= 15 is 0 Å². The fraction of sp³-hybridized carbons (Fsp3) is 0.467. The largest absolute Gasteiger partial charge is 0.127 e. The molecule has 92 valence electrons. The molecule has 0 amide bonds. The van der Waals surface area contributed by atoms with Crippen molar-refractivity contribution in [2.45, 2.75) is 27.2 Å². The molecule has 0 heterocycles. The van der Waals surface area contributed by atoms with Gasteiger partial charge < -0.3 is 0 Å². The van der Waals surface area contributed by atoms with Crippen LogP contribution in [0, 0.1) is 10.8 Å². The fourth-order valence-corrected chi connectivity index (χ4v) is 2.27. The van der Waals surface area contributed by atoms with Crippen LogP contribution in [0.1, 0.15) is 27.2 Å². The summed E-state index contributed by atoms with van der Waals surface area (Å²) in [5, 5.41) is 0. The van der Waals surface area contributed by atoms with Crippen LogP contribution in [0.4, 0.5) is 0 Å². The van der Waals surface area contributed by atoms with Gasteiger partial charge in [0, 0.05) is 42.9 Å². The van der Waals surface area contributed by atoms with Gasteiger partial charge in [-0.3, -0.25) is 0 Å². The third kappa shape index (κ3) is 5.53. The number of alkyl halides is 1. The average molecular weight is 328 g/mol. The van der Waals surface area contributed by atoms with E-state index in [9.17, 15) is 0 Å². The summed E-state index contributed by atoms with van der Waals surface area (Å²) in [5.74, 6) is 0.722. The third-order valence-corrected chi connectivity index (χ3v) is 2.89. The predicted octanol–water partition coefficient (Wildman–Crippen LogP) is 4.88. The molecule has 0 fully saturated rings. The Morgan fingerprint density at radius 2 is 1.06 bits per heavy atom. The summed E-state index contributed by atoms with van der Waals surface area (Å²) < 4.78 is 0. The second-order valence-corrected chi connectivity index (χ2v) is 5.43. The first kappa shape index (κ1) is 17.1. The van der Waals surface area contributed by atoms with Crippen molar-refractivity contribution in [1.82, 2.24) is 0 Å². The maximum atomic E-state index is 5.00. The summed E-state index contributed by atoms with van der Waals surface area (Å²) in [5.41, 5.74) is 0.515. The molecule has 0 spiro atoms. The summed E-state index contributed by atoms with van der Waals surface area (Å²) >= 11 is 5.00. The molecule has 0 unspecified atom stereocenters. The SMILES string of the molecule is CC1(CC2(C)C=CC=C2)C=CC=C1.CCCl.[Zr]. The molecule has 0 radical (unpaired) electrons. The molecule has 2 aliphatic carbocycles. The summed E-state index contributed by atoms with van der Waals surface area (Å²) in [7, 11) is 0. The van der Waals surface area contributed by atoms with Crippen LogP contribution in [0.5, 0.6) is 0 Å². The van der Waals surface area contributed by atoms with Gasteiger partial charge in [0.1, 0.15) is 0 Å². The average Bonchev–Trinajstić information content (AvgIpc) is 2.77. The van der Waals surface area contributed by atoms with E-state index in [1.165, 1.54) is 6.42 Å². The molecule has 0 saturated carbocycles. The number of hydrogen-bond acceptors (Lipinski definition) is 0. The molecular formula is C15H21ClZr. The zero-order chi connectivity index (χ0) is 12.1. The molecule has 0 N–H and O–H groups in total. The molecule has 2 aliphatic rings. The maximum Gasteiger partial charge on any atom is 0.0195 e. The normalized spacial score (nSPS) is 20.9. The van der Waals surface area contributed by atoms with Crippen LogP contribution in [-0.4, -0.2) is 5.88 Å². The summed E-state index contributed by atoms with van der Waals surface area (Å²) in [6.45, 7) is 6.47. The van der Waals surface area contributed by atoms with Gasteiger partial charge in [-0.1, -0.05) is 69.4 Å². The van der Waals surface area contributed by atoms with Crippen LogP contribution in [0.25, 0.3) is 0 Å². The Hall–Kier alpha value is 0.133. The van der Waals surface area contributed by atoms with Crippen LogP contribution < -0.4 is 0 Å². The standard InChI is InChI=1S/C13H16.C2H5Cl.Zr/c1-12(7-3-4-8-12)11-13(2)9-5-6-10-13;1-2-3;/h3-10H,11H2,1-2H3;2H2,1H3;. The first-order valence-corrected chi connectivity index (χ1v) is 6.37. The number of rotatable bonds is 2. The Balaban J connectivity index is 0.000000583. The van der Waals surface area contributed by atoms with Crippen LogP contribution in [0.2, 0.25) is 0 Å². The molecule has 0 saturated heterocycles. The van der Waals surface area contributed by atoms with Crippen molar-refractivity contribution in [3.8, 4) is 0 Å². The van der Waals surface area contributed by atoms with Gasteiger partial charge in [0.05, 0.1) is 0 Å². The van der Waals surface area contributed by atoms with E-state index in [2.05, 4.69) is 62.5 Å². The molecule has 2 rings (SSSR count). The Morgan fingerprint density at radius 3 is 1.29 bits per heavy atom. The van der Waals surface area contributed by atoms with E-state index in [1.54, 1.807) is 0 Å². The quantitative estimate of drug-likeness (QED) is 0.634. The van der Waals surface area contributed by atoms with Crippen molar-refractivity contribution >= 4 is 11.6 Å². The van der Waals surface area contributed by atoms with E-state index in [-0.39, 0.29) is 37.0 Å². The first-order chi connectivity index (χ1) is 7.54. The predicted molar refractivity (Wildman–Crippen MR) is 73.8 cm³/mol. The minimum atomic E-state index is 0. The smallest absolute Gasteiger partial charge is 0.0195 e. The Bertz CT molecular complexity index is 281. The van der Waals surface area contributed by atoms with Crippen LogP contribution in [0.15, 0.2) is 48.6 Å². The Kier molecular flexibility index (Phi) is 7.60. The summed E-state index contributed by atoms with van der Waals surface area (Å²) in [6, 6.07) is 0. The van der Waals surface area contributed by atoms with Gasteiger partial charge in [-0.15, -0.1) is 11.6 Å². The Labute approximate surface area is 130 Å². The van der Waals surface area contributed by atoms with E-state index in [4.69, 9.17) is 11.6 Å². The third-order valence-electron chi connectivity index (χ3n) is 2.89. The van der Waals surface area contributed by atoms with Crippen molar-refractivity contribution in [3.05, 3.63) is 48.6 Å². The minimum Gasteiger partial charge on any atom is -0.127 e. The monoisotopic (exact) mass is 326 g/mol. The van der Waals surface area contributed by atoms with Crippen molar-refractivity contribution in [1.29, 1.82) is 0 Å². The van der Waals surface area contributed by atoms with E-state index in [0.717, 1.165) is 5.88 Å². The van der Waals surface area contributed by atoms with Gasteiger partial charge in [0.25, 0.3) is 0 Å².